The molecule has 0 aliphatic rings. The first-order chi connectivity index (χ1) is 11.4. The SMILES string of the molecule is CC(=O)c1ccc(NC(=O)CN[C@@H](C)c2ccc(F)c(F)c2)cc1. The molecular weight excluding hydrogens is 314 g/mol. The molecule has 0 saturated heterocycles. The maximum atomic E-state index is 13.2. The van der Waals surface area contributed by atoms with Crippen molar-refractivity contribution in [2.75, 3.05) is 11.9 Å². The summed E-state index contributed by atoms with van der Waals surface area (Å²) in [5.74, 6) is -2.15. The second-order valence-electron chi connectivity index (χ2n) is 5.46. The summed E-state index contributed by atoms with van der Waals surface area (Å²) in [6.07, 6.45) is 0. The monoisotopic (exact) mass is 332 g/mol. The predicted molar refractivity (Wildman–Crippen MR) is 87.9 cm³/mol. The van der Waals surface area contributed by atoms with E-state index in [9.17, 15) is 18.4 Å². The van der Waals surface area contributed by atoms with Crippen LogP contribution in [0, 0.1) is 11.6 Å². The lowest BCUT2D eigenvalue weighted by atomic mass is 10.1. The van der Waals surface area contributed by atoms with Gasteiger partial charge in [0.1, 0.15) is 0 Å². The van der Waals surface area contributed by atoms with Crippen LogP contribution in [0.5, 0.6) is 0 Å². The van der Waals surface area contributed by atoms with Crippen molar-refractivity contribution in [2.24, 2.45) is 0 Å². The topological polar surface area (TPSA) is 58.2 Å². The second-order valence-corrected chi connectivity index (χ2v) is 5.46. The zero-order valence-corrected chi connectivity index (χ0v) is 13.4. The highest BCUT2D eigenvalue weighted by atomic mass is 19.2. The van der Waals surface area contributed by atoms with Crippen LogP contribution in [0.3, 0.4) is 0 Å². The van der Waals surface area contributed by atoms with Crippen molar-refractivity contribution in [3.8, 4) is 0 Å². The van der Waals surface area contributed by atoms with Crippen LogP contribution in [0.15, 0.2) is 42.5 Å². The molecule has 0 aromatic heterocycles. The lowest BCUT2D eigenvalue weighted by Gasteiger charge is -2.14. The molecule has 0 spiro atoms. The minimum Gasteiger partial charge on any atom is -0.325 e. The Morgan fingerprint density at radius 3 is 2.29 bits per heavy atom. The molecule has 0 aliphatic heterocycles. The fraction of sp³-hybridized carbons (Fsp3) is 0.222. The molecule has 0 unspecified atom stereocenters. The Bertz CT molecular complexity index is 745. The van der Waals surface area contributed by atoms with Gasteiger partial charge in [-0.25, -0.2) is 8.78 Å². The Morgan fingerprint density at radius 1 is 1.04 bits per heavy atom. The Kier molecular flexibility index (Phi) is 5.76. The summed E-state index contributed by atoms with van der Waals surface area (Å²) in [5.41, 5.74) is 1.69. The highest BCUT2D eigenvalue weighted by Gasteiger charge is 2.11. The lowest BCUT2D eigenvalue weighted by Crippen LogP contribution is -2.30. The molecule has 0 aliphatic carbocycles. The molecule has 0 heterocycles. The van der Waals surface area contributed by atoms with E-state index < -0.39 is 11.6 Å². The van der Waals surface area contributed by atoms with Crippen molar-refractivity contribution < 1.29 is 18.4 Å². The third-order valence-electron chi connectivity index (χ3n) is 3.59. The van der Waals surface area contributed by atoms with Gasteiger partial charge in [-0.3, -0.25) is 9.59 Å². The van der Waals surface area contributed by atoms with Gasteiger partial charge in [0.2, 0.25) is 5.91 Å². The smallest absolute Gasteiger partial charge is 0.238 e. The van der Waals surface area contributed by atoms with Crippen LogP contribution < -0.4 is 10.6 Å². The largest absolute Gasteiger partial charge is 0.325 e. The number of amides is 1. The molecular formula is C18H18F2N2O2. The number of halogens is 2. The van der Waals surface area contributed by atoms with Crippen LogP contribution in [0.1, 0.15) is 35.8 Å². The minimum atomic E-state index is -0.920. The summed E-state index contributed by atoms with van der Waals surface area (Å²) in [5, 5.41) is 5.63. The highest BCUT2D eigenvalue weighted by molar-refractivity contribution is 5.96. The van der Waals surface area contributed by atoms with E-state index in [0.717, 1.165) is 12.1 Å². The summed E-state index contributed by atoms with van der Waals surface area (Å²) in [6.45, 7) is 3.23. The van der Waals surface area contributed by atoms with Crippen LogP contribution >= 0.6 is 0 Å². The predicted octanol–water partition coefficient (Wildman–Crippen LogP) is 3.46. The van der Waals surface area contributed by atoms with Crippen LogP contribution in [0.2, 0.25) is 0 Å². The van der Waals surface area contributed by atoms with Crippen LogP contribution in [0.25, 0.3) is 0 Å². The van der Waals surface area contributed by atoms with Crippen LogP contribution in [-0.4, -0.2) is 18.2 Å². The van der Waals surface area contributed by atoms with Crippen molar-refractivity contribution in [1.82, 2.24) is 5.32 Å². The number of carbonyl (C=O) groups is 2. The van der Waals surface area contributed by atoms with Crippen molar-refractivity contribution in [3.63, 3.8) is 0 Å². The van der Waals surface area contributed by atoms with Gasteiger partial charge in [-0.2, -0.15) is 0 Å². The minimum absolute atomic E-state index is 0.00855. The number of nitrogens with one attached hydrogen (secondary N) is 2. The maximum absolute atomic E-state index is 13.2. The molecule has 0 fully saturated rings. The van der Waals surface area contributed by atoms with Gasteiger partial charge in [0.05, 0.1) is 6.54 Å². The average molecular weight is 332 g/mol. The Labute approximate surface area is 138 Å². The normalized spacial score (nSPS) is 11.8. The molecule has 6 heteroatoms. The number of hydrogen-bond donors (Lipinski definition) is 2. The van der Waals surface area contributed by atoms with Crippen molar-refractivity contribution in [2.45, 2.75) is 19.9 Å². The molecule has 0 saturated carbocycles. The average Bonchev–Trinajstić information content (AvgIpc) is 2.55. The number of anilines is 1. The number of Topliss-reactive ketones (excluding diaryl/α,β-unsaturated/α-hetero) is 1. The number of ketones is 1. The summed E-state index contributed by atoms with van der Waals surface area (Å²) >= 11 is 0. The zero-order chi connectivity index (χ0) is 17.7. The molecule has 2 aromatic carbocycles. The number of benzene rings is 2. The molecule has 0 radical (unpaired) electrons. The van der Waals surface area contributed by atoms with E-state index in [2.05, 4.69) is 10.6 Å². The Morgan fingerprint density at radius 2 is 1.71 bits per heavy atom. The molecule has 126 valence electrons. The quantitative estimate of drug-likeness (QED) is 0.797. The van der Waals surface area contributed by atoms with Crippen LogP contribution in [-0.2, 0) is 4.79 Å². The van der Waals surface area contributed by atoms with Gasteiger partial charge in [-0.15, -0.1) is 0 Å². The Balaban J connectivity index is 1.88. The van der Waals surface area contributed by atoms with Gasteiger partial charge in [-0.1, -0.05) is 6.07 Å². The van der Waals surface area contributed by atoms with Gasteiger partial charge >= 0.3 is 0 Å². The summed E-state index contributed by atoms with van der Waals surface area (Å²) < 4.78 is 26.1. The molecule has 2 aromatic rings. The maximum Gasteiger partial charge on any atom is 0.238 e. The molecule has 24 heavy (non-hydrogen) atoms. The van der Waals surface area contributed by atoms with E-state index >= 15 is 0 Å². The van der Waals surface area contributed by atoms with E-state index in [4.69, 9.17) is 0 Å². The standard InChI is InChI=1S/C18H18F2N2O2/c1-11(14-5-8-16(19)17(20)9-14)21-10-18(24)22-15-6-3-13(4-7-15)12(2)23/h3-9,11,21H,10H2,1-2H3,(H,22,24)/t11-/m0/s1. The van der Waals surface area contributed by atoms with E-state index in [1.165, 1.54) is 13.0 Å². The molecule has 2 N–H and O–H groups in total. The number of hydrogen-bond acceptors (Lipinski definition) is 3. The summed E-state index contributed by atoms with van der Waals surface area (Å²) in [7, 11) is 0. The van der Waals surface area contributed by atoms with Gasteiger partial charge < -0.3 is 10.6 Å². The number of rotatable bonds is 6. The Hall–Kier alpha value is -2.60. The third kappa shape index (κ3) is 4.70. The molecule has 4 nitrogen and oxygen atoms in total. The fourth-order valence-corrected chi connectivity index (χ4v) is 2.14. The molecule has 2 rings (SSSR count). The summed E-state index contributed by atoms with van der Waals surface area (Å²) in [4.78, 5) is 23.1. The van der Waals surface area contributed by atoms with Crippen LogP contribution in [0.4, 0.5) is 14.5 Å². The van der Waals surface area contributed by atoms with E-state index in [-0.39, 0.29) is 24.3 Å². The fourth-order valence-electron chi connectivity index (χ4n) is 2.14. The van der Waals surface area contributed by atoms with E-state index in [1.54, 1.807) is 31.2 Å². The van der Waals surface area contributed by atoms with Gasteiger partial charge in [0, 0.05) is 17.3 Å². The van der Waals surface area contributed by atoms with E-state index in [1.807, 2.05) is 0 Å². The zero-order valence-electron chi connectivity index (χ0n) is 13.4. The molecule has 1 atom stereocenters. The lowest BCUT2D eigenvalue weighted by molar-refractivity contribution is -0.115. The second kappa shape index (κ2) is 7.79. The van der Waals surface area contributed by atoms with Crippen molar-refractivity contribution >= 4 is 17.4 Å². The first-order valence-electron chi connectivity index (χ1n) is 7.46. The summed E-state index contributed by atoms with van der Waals surface area (Å²) in [6, 6.07) is 9.87. The van der Waals surface area contributed by atoms with Gasteiger partial charge in [0.15, 0.2) is 17.4 Å². The first kappa shape index (κ1) is 17.7. The van der Waals surface area contributed by atoms with Crippen molar-refractivity contribution in [3.05, 3.63) is 65.2 Å². The van der Waals surface area contributed by atoms with Gasteiger partial charge in [0.25, 0.3) is 0 Å². The van der Waals surface area contributed by atoms with E-state index in [0.29, 0.717) is 16.8 Å². The third-order valence-corrected chi connectivity index (χ3v) is 3.59. The first-order valence-corrected chi connectivity index (χ1v) is 7.46. The molecule has 0 bridgehead atoms. The molecule has 1 amide bonds. The van der Waals surface area contributed by atoms with Gasteiger partial charge in [-0.05, 0) is 55.8 Å². The van der Waals surface area contributed by atoms with Crippen molar-refractivity contribution in [1.29, 1.82) is 0 Å². The number of carbonyl (C=O) groups excluding carboxylic acids is 2. The highest BCUT2D eigenvalue weighted by Crippen LogP contribution is 2.16.